The van der Waals surface area contributed by atoms with Gasteiger partial charge in [-0.05, 0) is 36.6 Å². The van der Waals surface area contributed by atoms with Gasteiger partial charge in [-0.1, -0.05) is 55.5 Å². The van der Waals surface area contributed by atoms with E-state index in [1.54, 1.807) is 54.6 Å². The van der Waals surface area contributed by atoms with Gasteiger partial charge in [0.2, 0.25) is 0 Å². The van der Waals surface area contributed by atoms with E-state index in [-0.39, 0.29) is 24.2 Å². The zero-order valence-corrected chi connectivity index (χ0v) is 21.2. The van der Waals surface area contributed by atoms with Crippen molar-refractivity contribution in [2.45, 2.75) is 43.7 Å². The van der Waals surface area contributed by atoms with Gasteiger partial charge in [-0.3, -0.25) is 0 Å². The quantitative estimate of drug-likeness (QED) is 0.271. The summed E-state index contributed by atoms with van der Waals surface area (Å²) in [4.78, 5) is 38.7. The van der Waals surface area contributed by atoms with E-state index in [2.05, 4.69) is 6.58 Å². The van der Waals surface area contributed by atoms with Crippen LogP contribution in [0.3, 0.4) is 0 Å². The standard InChI is InChI=1S/C29H29ClO7/c1-16-13-22(36-27(32)19-11-7-4-8-12-19)24-25(37-28(33)29(24,34)15-30)23-17(2)21(14-20(16)23)35-26(31)18-9-5-3-6-10-18/h3-12,17,20-25,34H,1,13-15H2,2H3. The van der Waals surface area contributed by atoms with Crippen molar-refractivity contribution in [3.63, 3.8) is 0 Å². The lowest BCUT2D eigenvalue weighted by atomic mass is 9.75. The number of fused-ring (bicyclic) bond motifs is 3. The molecule has 1 saturated heterocycles. The highest BCUT2D eigenvalue weighted by Gasteiger charge is 2.66. The molecule has 7 nitrogen and oxygen atoms in total. The number of alkyl halides is 1. The van der Waals surface area contributed by atoms with Crippen molar-refractivity contribution in [3.8, 4) is 0 Å². The molecule has 5 rings (SSSR count). The molecule has 0 bridgehead atoms. The molecule has 0 spiro atoms. The molecule has 0 radical (unpaired) electrons. The first-order valence-electron chi connectivity index (χ1n) is 12.4. The Morgan fingerprint density at radius 2 is 1.57 bits per heavy atom. The number of halogens is 1. The van der Waals surface area contributed by atoms with Crippen LogP contribution in [-0.2, 0) is 19.0 Å². The summed E-state index contributed by atoms with van der Waals surface area (Å²) in [5, 5.41) is 11.4. The van der Waals surface area contributed by atoms with E-state index in [1.807, 2.05) is 13.0 Å². The molecule has 1 aliphatic heterocycles. The highest BCUT2D eigenvalue weighted by molar-refractivity contribution is 6.20. The van der Waals surface area contributed by atoms with Gasteiger partial charge in [-0.2, -0.15) is 0 Å². The monoisotopic (exact) mass is 524 g/mol. The third-order valence-electron chi connectivity index (χ3n) is 8.15. The summed E-state index contributed by atoms with van der Waals surface area (Å²) in [6, 6.07) is 17.3. The van der Waals surface area contributed by atoms with Gasteiger partial charge in [-0.25, -0.2) is 14.4 Å². The average Bonchev–Trinajstić information content (AvgIpc) is 3.33. The van der Waals surface area contributed by atoms with Crippen LogP contribution in [0, 0.1) is 23.7 Å². The Balaban J connectivity index is 1.44. The molecule has 8 heteroatoms. The molecule has 8 unspecified atom stereocenters. The Hall–Kier alpha value is -3.16. The lowest BCUT2D eigenvalue weighted by Gasteiger charge is -2.34. The molecule has 0 amide bonds. The fourth-order valence-electron chi connectivity index (χ4n) is 6.26. The Kier molecular flexibility index (Phi) is 6.86. The second kappa shape index (κ2) is 9.95. The van der Waals surface area contributed by atoms with Gasteiger partial charge in [0.25, 0.3) is 0 Å². The van der Waals surface area contributed by atoms with E-state index < -0.39 is 53.6 Å². The summed E-state index contributed by atoms with van der Waals surface area (Å²) in [5.41, 5.74) is -0.421. The second-order valence-corrected chi connectivity index (χ2v) is 10.5. The maximum Gasteiger partial charge on any atom is 0.340 e. The van der Waals surface area contributed by atoms with Crippen molar-refractivity contribution < 1.29 is 33.7 Å². The van der Waals surface area contributed by atoms with Gasteiger partial charge in [-0.15, -0.1) is 11.6 Å². The highest BCUT2D eigenvalue weighted by atomic mass is 35.5. The highest BCUT2D eigenvalue weighted by Crippen LogP contribution is 2.55. The fourth-order valence-corrected chi connectivity index (χ4v) is 6.54. The third-order valence-corrected chi connectivity index (χ3v) is 8.56. The Morgan fingerprint density at radius 1 is 1.03 bits per heavy atom. The molecular weight excluding hydrogens is 496 g/mol. The maximum atomic E-state index is 13.0. The molecule has 2 aromatic carbocycles. The predicted octanol–water partition coefficient (Wildman–Crippen LogP) is 4.18. The lowest BCUT2D eigenvalue weighted by Crippen LogP contribution is -2.51. The number of carbonyl (C=O) groups excluding carboxylic acids is 3. The van der Waals surface area contributed by atoms with Crippen LogP contribution in [0.5, 0.6) is 0 Å². The van der Waals surface area contributed by atoms with Crippen LogP contribution < -0.4 is 0 Å². The molecule has 37 heavy (non-hydrogen) atoms. The largest absolute Gasteiger partial charge is 0.459 e. The average molecular weight is 525 g/mol. The molecule has 2 aromatic rings. The first-order chi connectivity index (χ1) is 17.7. The van der Waals surface area contributed by atoms with Crippen molar-refractivity contribution in [2.24, 2.45) is 23.7 Å². The van der Waals surface area contributed by atoms with Crippen LogP contribution in [0.4, 0.5) is 0 Å². The van der Waals surface area contributed by atoms with E-state index in [9.17, 15) is 19.5 Å². The van der Waals surface area contributed by atoms with Gasteiger partial charge < -0.3 is 19.3 Å². The molecule has 2 saturated carbocycles. The topological polar surface area (TPSA) is 99.1 Å². The van der Waals surface area contributed by atoms with E-state index in [0.29, 0.717) is 17.5 Å². The minimum atomic E-state index is -2.03. The fraction of sp³-hybridized carbons (Fsp3) is 0.414. The van der Waals surface area contributed by atoms with E-state index in [0.717, 1.165) is 5.57 Å². The number of esters is 3. The van der Waals surface area contributed by atoms with Crippen molar-refractivity contribution >= 4 is 29.5 Å². The van der Waals surface area contributed by atoms with Crippen LogP contribution in [0.1, 0.15) is 40.5 Å². The van der Waals surface area contributed by atoms with Crippen LogP contribution >= 0.6 is 11.6 Å². The zero-order chi connectivity index (χ0) is 26.3. The SMILES string of the molecule is C=C1CC(OC(=O)c2ccccc2)C2C(OC(=O)C2(O)CCl)C2C1CC(OC(=O)c1ccccc1)C2C. The van der Waals surface area contributed by atoms with Crippen molar-refractivity contribution in [3.05, 3.63) is 83.9 Å². The summed E-state index contributed by atoms with van der Waals surface area (Å²) < 4.78 is 17.6. The predicted molar refractivity (Wildman–Crippen MR) is 135 cm³/mol. The van der Waals surface area contributed by atoms with Gasteiger partial charge in [0, 0.05) is 18.3 Å². The smallest absolute Gasteiger partial charge is 0.340 e. The molecule has 3 aliphatic rings. The van der Waals surface area contributed by atoms with Gasteiger partial charge in [0.1, 0.15) is 18.3 Å². The summed E-state index contributed by atoms with van der Waals surface area (Å²) in [6.45, 7) is 6.23. The minimum absolute atomic E-state index is 0.165. The van der Waals surface area contributed by atoms with Crippen molar-refractivity contribution in [2.75, 3.05) is 5.88 Å². The van der Waals surface area contributed by atoms with E-state index in [1.165, 1.54) is 0 Å². The van der Waals surface area contributed by atoms with Crippen molar-refractivity contribution in [1.29, 1.82) is 0 Å². The van der Waals surface area contributed by atoms with Gasteiger partial charge in [0.05, 0.1) is 22.9 Å². The Labute approximate surface area is 220 Å². The van der Waals surface area contributed by atoms with Crippen molar-refractivity contribution in [1.82, 2.24) is 0 Å². The number of rotatable bonds is 5. The molecule has 3 fully saturated rings. The van der Waals surface area contributed by atoms with Crippen LogP contribution in [0.2, 0.25) is 0 Å². The second-order valence-electron chi connectivity index (χ2n) is 10.2. The lowest BCUT2D eigenvalue weighted by molar-refractivity contribution is -0.155. The molecule has 0 aromatic heterocycles. The van der Waals surface area contributed by atoms with Gasteiger partial charge >= 0.3 is 17.9 Å². The molecular formula is C29H29ClO7. The number of carbonyl (C=O) groups is 3. The van der Waals surface area contributed by atoms with Crippen LogP contribution in [0.15, 0.2) is 72.8 Å². The minimum Gasteiger partial charge on any atom is -0.459 e. The Morgan fingerprint density at radius 3 is 2.11 bits per heavy atom. The number of hydrogen-bond acceptors (Lipinski definition) is 7. The summed E-state index contributed by atoms with van der Waals surface area (Å²) in [7, 11) is 0. The maximum absolute atomic E-state index is 13.0. The molecule has 194 valence electrons. The first kappa shape index (κ1) is 25.5. The summed E-state index contributed by atoms with van der Waals surface area (Å²) >= 11 is 6.13. The normalized spacial score (nSPS) is 34.6. The number of aliphatic hydroxyl groups is 1. The number of benzene rings is 2. The summed E-state index contributed by atoms with van der Waals surface area (Å²) in [5.74, 6) is -3.80. The molecule has 8 atom stereocenters. The zero-order valence-electron chi connectivity index (χ0n) is 20.4. The van der Waals surface area contributed by atoms with E-state index in [4.69, 9.17) is 25.8 Å². The Bertz CT molecular complexity index is 1200. The first-order valence-corrected chi connectivity index (χ1v) is 13.0. The molecule has 1 N–H and O–H groups in total. The number of hydrogen-bond donors (Lipinski definition) is 1. The molecule has 1 heterocycles. The summed E-state index contributed by atoms with van der Waals surface area (Å²) in [6.07, 6.45) is -1.38. The molecule has 2 aliphatic carbocycles. The number of ether oxygens (including phenoxy) is 3. The van der Waals surface area contributed by atoms with E-state index >= 15 is 0 Å². The third kappa shape index (κ3) is 4.44. The van der Waals surface area contributed by atoms with Crippen LogP contribution in [-0.4, -0.2) is 52.8 Å². The van der Waals surface area contributed by atoms with Gasteiger partial charge in [0.15, 0.2) is 5.60 Å². The van der Waals surface area contributed by atoms with Crippen LogP contribution in [0.25, 0.3) is 0 Å².